The molecule has 0 aliphatic carbocycles. The maximum atomic E-state index is 12.5. The molecule has 2 N–H and O–H groups in total. The van der Waals surface area contributed by atoms with Gasteiger partial charge in [0.25, 0.3) is 0 Å². The number of thiazole rings is 1. The molecule has 27 heavy (non-hydrogen) atoms. The zero-order valence-corrected chi connectivity index (χ0v) is 16.4. The molecular formula is C18H24F2N4O2S. The number of hydrogen-bond acceptors (Lipinski definition) is 5. The van der Waals surface area contributed by atoms with Crippen LogP contribution in [0.25, 0.3) is 0 Å². The number of alkyl halides is 2. The van der Waals surface area contributed by atoms with Crippen LogP contribution in [-0.4, -0.2) is 30.7 Å². The molecule has 2 aromatic rings. The van der Waals surface area contributed by atoms with E-state index in [0.717, 1.165) is 15.4 Å². The predicted molar refractivity (Wildman–Crippen MR) is 103 cm³/mol. The first-order valence-electron chi connectivity index (χ1n) is 8.65. The van der Waals surface area contributed by atoms with Gasteiger partial charge in [-0.15, -0.1) is 11.3 Å². The van der Waals surface area contributed by atoms with E-state index in [1.807, 2.05) is 20.0 Å². The molecule has 1 heterocycles. The van der Waals surface area contributed by atoms with Gasteiger partial charge in [0.1, 0.15) is 5.01 Å². The number of aromatic nitrogens is 1. The molecule has 1 aromatic heterocycles. The van der Waals surface area contributed by atoms with E-state index in [1.165, 1.54) is 6.07 Å². The van der Waals surface area contributed by atoms with E-state index in [9.17, 15) is 8.78 Å². The Balaban J connectivity index is 2.05. The van der Waals surface area contributed by atoms with E-state index in [1.54, 1.807) is 30.4 Å². The average Bonchev–Trinajstić information content (AvgIpc) is 3.04. The van der Waals surface area contributed by atoms with Crippen LogP contribution in [-0.2, 0) is 13.1 Å². The molecule has 0 bridgehead atoms. The highest BCUT2D eigenvalue weighted by atomic mass is 32.1. The van der Waals surface area contributed by atoms with Gasteiger partial charge in [-0.3, -0.25) is 0 Å². The quantitative estimate of drug-likeness (QED) is 0.498. The molecule has 0 aliphatic heterocycles. The number of guanidine groups is 1. The lowest BCUT2D eigenvalue weighted by molar-refractivity contribution is -0.0514. The van der Waals surface area contributed by atoms with Crippen LogP contribution >= 0.6 is 11.3 Å². The molecule has 0 spiro atoms. The van der Waals surface area contributed by atoms with Crippen molar-refractivity contribution in [2.24, 2.45) is 4.99 Å². The summed E-state index contributed by atoms with van der Waals surface area (Å²) in [4.78, 5) is 9.99. The van der Waals surface area contributed by atoms with Crippen LogP contribution in [0.4, 0.5) is 8.78 Å². The molecule has 0 radical (unpaired) electrons. The van der Waals surface area contributed by atoms with Crippen molar-refractivity contribution in [1.29, 1.82) is 0 Å². The van der Waals surface area contributed by atoms with Crippen LogP contribution in [0, 0.1) is 6.92 Å². The number of hydrogen-bond donors (Lipinski definition) is 2. The highest BCUT2D eigenvalue weighted by Gasteiger charge is 2.11. The lowest BCUT2D eigenvalue weighted by Gasteiger charge is -2.13. The van der Waals surface area contributed by atoms with Gasteiger partial charge in [-0.1, -0.05) is 6.07 Å². The maximum absolute atomic E-state index is 12.5. The van der Waals surface area contributed by atoms with Crippen molar-refractivity contribution in [1.82, 2.24) is 15.6 Å². The first-order valence-corrected chi connectivity index (χ1v) is 9.47. The summed E-state index contributed by atoms with van der Waals surface area (Å²) in [6.45, 7) is 4.89. The van der Waals surface area contributed by atoms with E-state index in [0.29, 0.717) is 32.2 Å². The fourth-order valence-corrected chi connectivity index (χ4v) is 2.99. The van der Waals surface area contributed by atoms with Gasteiger partial charge in [-0.05, 0) is 38.5 Å². The number of aryl methyl sites for hydroxylation is 1. The van der Waals surface area contributed by atoms with Crippen LogP contribution in [0.15, 0.2) is 29.4 Å². The van der Waals surface area contributed by atoms with E-state index in [-0.39, 0.29) is 11.5 Å². The molecule has 6 nitrogen and oxygen atoms in total. The number of halogens is 2. The summed E-state index contributed by atoms with van der Waals surface area (Å²) in [7, 11) is 0. The molecule has 1 aromatic carbocycles. The lowest BCUT2D eigenvalue weighted by atomic mass is 10.2. The number of aliphatic imine (C=N–C) groups is 1. The minimum Gasteiger partial charge on any atom is -0.490 e. The van der Waals surface area contributed by atoms with Gasteiger partial charge in [0.15, 0.2) is 17.5 Å². The molecule has 0 saturated carbocycles. The minimum absolute atomic E-state index is 0.0174. The summed E-state index contributed by atoms with van der Waals surface area (Å²) in [5.41, 5.74) is 0.822. The Labute approximate surface area is 161 Å². The molecule has 2 rings (SSSR count). The Hall–Kier alpha value is -2.42. The smallest absolute Gasteiger partial charge is 0.387 e. The fraction of sp³-hybridized carbons (Fsp3) is 0.444. The standard InChI is InChI=1S/C18H24F2N4O2S/c1-4-21-18(24-11-16-22-9-12(3)27-16)23-10-13-6-7-14(26-17(19)20)15(8-13)25-5-2/h6-9,17H,4-5,10-11H2,1-3H3,(H2,21,23,24). The SMILES string of the molecule is CCNC(=NCc1ccc(OC(F)F)c(OCC)c1)NCc1ncc(C)s1. The van der Waals surface area contributed by atoms with Crippen molar-refractivity contribution >= 4 is 17.3 Å². The Kier molecular flexibility index (Phi) is 8.25. The van der Waals surface area contributed by atoms with Gasteiger partial charge in [0.05, 0.1) is 19.7 Å². The van der Waals surface area contributed by atoms with Gasteiger partial charge in [-0.2, -0.15) is 8.78 Å². The average molecular weight is 398 g/mol. The predicted octanol–water partition coefficient (Wildman–Crippen LogP) is 3.71. The van der Waals surface area contributed by atoms with E-state index < -0.39 is 6.61 Å². The second-order valence-electron chi connectivity index (χ2n) is 5.51. The Morgan fingerprint density at radius 1 is 1.26 bits per heavy atom. The second-order valence-corrected chi connectivity index (χ2v) is 6.83. The Morgan fingerprint density at radius 2 is 2.07 bits per heavy atom. The summed E-state index contributed by atoms with van der Waals surface area (Å²) in [5, 5.41) is 7.37. The van der Waals surface area contributed by atoms with Crippen molar-refractivity contribution in [2.45, 2.75) is 40.5 Å². The summed E-state index contributed by atoms with van der Waals surface area (Å²) in [6, 6.07) is 4.83. The molecule has 0 fully saturated rings. The van der Waals surface area contributed by atoms with Gasteiger partial charge in [-0.25, -0.2) is 9.98 Å². The highest BCUT2D eigenvalue weighted by molar-refractivity contribution is 7.11. The van der Waals surface area contributed by atoms with Crippen LogP contribution in [0.5, 0.6) is 11.5 Å². The summed E-state index contributed by atoms with van der Waals surface area (Å²) < 4.78 is 34.8. The molecule has 0 amide bonds. The van der Waals surface area contributed by atoms with E-state index >= 15 is 0 Å². The molecule has 148 valence electrons. The van der Waals surface area contributed by atoms with Gasteiger partial charge >= 0.3 is 6.61 Å². The zero-order chi connectivity index (χ0) is 19.6. The highest BCUT2D eigenvalue weighted by Crippen LogP contribution is 2.30. The van der Waals surface area contributed by atoms with Crippen LogP contribution < -0.4 is 20.1 Å². The molecular weight excluding hydrogens is 374 g/mol. The molecule has 9 heteroatoms. The van der Waals surface area contributed by atoms with Crippen molar-refractivity contribution < 1.29 is 18.3 Å². The summed E-state index contributed by atoms with van der Waals surface area (Å²) >= 11 is 1.63. The van der Waals surface area contributed by atoms with Crippen molar-refractivity contribution in [3.8, 4) is 11.5 Å². The number of rotatable bonds is 9. The second kappa shape index (κ2) is 10.7. The Bertz CT molecular complexity index is 753. The molecule has 0 saturated heterocycles. The van der Waals surface area contributed by atoms with Crippen LogP contribution in [0.3, 0.4) is 0 Å². The molecule has 0 unspecified atom stereocenters. The minimum atomic E-state index is -2.90. The first kappa shape index (κ1) is 20.9. The number of ether oxygens (including phenoxy) is 2. The van der Waals surface area contributed by atoms with E-state index in [2.05, 4.69) is 25.3 Å². The third kappa shape index (κ3) is 7.01. The van der Waals surface area contributed by atoms with Crippen molar-refractivity contribution in [3.63, 3.8) is 0 Å². The first-order chi connectivity index (χ1) is 13.0. The fourth-order valence-electron chi connectivity index (χ4n) is 2.27. The van der Waals surface area contributed by atoms with Gasteiger partial charge in [0.2, 0.25) is 0 Å². The third-order valence-corrected chi connectivity index (χ3v) is 4.28. The topological polar surface area (TPSA) is 67.8 Å². The van der Waals surface area contributed by atoms with Crippen molar-refractivity contribution in [3.05, 3.63) is 39.8 Å². The molecule has 0 atom stereocenters. The Morgan fingerprint density at radius 3 is 2.70 bits per heavy atom. The summed E-state index contributed by atoms with van der Waals surface area (Å²) in [6.07, 6.45) is 1.84. The zero-order valence-electron chi connectivity index (χ0n) is 15.6. The van der Waals surface area contributed by atoms with Gasteiger partial charge < -0.3 is 20.1 Å². The number of nitrogens with one attached hydrogen (secondary N) is 2. The van der Waals surface area contributed by atoms with Crippen LogP contribution in [0.2, 0.25) is 0 Å². The van der Waals surface area contributed by atoms with Gasteiger partial charge in [0, 0.05) is 17.6 Å². The number of nitrogens with zero attached hydrogens (tertiary/aromatic N) is 2. The monoisotopic (exact) mass is 398 g/mol. The summed E-state index contributed by atoms with van der Waals surface area (Å²) in [5.74, 6) is 0.946. The van der Waals surface area contributed by atoms with E-state index in [4.69, 9.17) is 4.74 Å². The van der Waals surface area contributed by atoms with Crippen LogP contribution in [0.1, 0.15) is 29.3 Å². The van der Waals surface area contributed by atoms with Crippen molar-refractivity contribution in [2.75, 3.05) is 13.2 Å². The lowest BCUT2D eigenvalue weighted by Crippen LogP contribution is -2.36. The molecule has 0 aliphatic rings. The largest absolute Gasteiger partial charge is 0.490 e. The third-order valence-electron chi connectivity index (χ3n) is 3.36. The normalized spacial score (nSPS) is 11.6. The number of benzene rings is 1. The maximum Gasteiger partial charge on any atom is 0.387 e.